The molecular weight excluding hydrogens is 254 g/mol. The van der Waals surface area contributed by atoms with Gasteiger partial charge in [0.25, 0.3) is 5.91 Å². The molecular formula is C15H15N3O2. The molecule has 0 saturated heterocycles. The van der Waals surface area contributed by atoms with Crippen molar-refractivity contribution in [3.8, 4) is 11.8 Å². The molecule has 0 aliphatic rings. The highest BCUT2D eigenvalue weighted by molar-refractivity contribution is 6.04. The minimum absolute atomic E-state index is 0.259. The van der Waals surface area contributed by atoms with Crippen LogP contribution in [0.1, 0.15) is 27.2 Å². The van der Waals surface area contributed by atoms with Crippen molar-refractivity contribution in [3.63, 3.8) is 0 Å². The van der Waals surface area contributed by atoms with E-state index < -0.39 is 0 Å². The summed E-state index contributed by atoms with van der Waals surface area (Å²) in [5.41, 5.74) is 8.33. The number of aromatic nitrogens is 1. The molecule has 1 aromatic heterocycles. The molecule has 0 spiro atoms. The van der Waals surface area contributed by atoms with Crippen LogP contribution in [0.15, 0.2) is 28.9 Å². The molecule has 102 valence electrons. The van der Waals surface area contributed by atoms with Crippen LogP contribution >= 0.6 is 0 Å². The smallest absolute Gasteiger partial charge is 0.260 e. The van der Waals surface area contributed by atoms with Gasteiger partial charge in [-0.15, -0.1) is 0 Å². The van der Waals surface area contributed by atoms with E-state index in [0.29, 0.717) is 23.6 Å². The van der Waals surface area contributed by atoms with Gasteiger partial charge in [-0.1, -0.05) is 23.1 Å². The number of nitrogens with zero attached hydrogens (tertiary/aromatic N) is 1. The number of hydrogen-bond acceptors (Lipinski definition) is 4. The summed E-state index contributed by atoms with van der Waals surface area (Å²) >= 11 is 0. The molecule has 0 fully saturated rings. The highest BCUT2D eigenvalue weighted by atomic mass is 16.5. The summed E-state index contributed by atoms with van der Waals surface area (Å²) in [6.07, 6.45) is 1.40. The minimum atomic E-state index is -0.259. The fraction of sp³-hybridized carbons (Fsp3) is 0.200. The summed E-state index contributed by atoms with van der Waals surface area (Å²) in [5, 5.41) is 6.38. The molecule has 3 N–H and O–H groups in total. The highest BCUT2D eigenvalue weighted by Gasteiger charge is 2.13. The van der Waals surface area contributed by atoms with Gasteiger partial charge in [-0.2, -0.15) is 0 Å². The molecule has 5 heteroatoms. The Kier molecular flexibility index (Phi) is 4.18. The molecule has 1 amide bonds. The molecule has 0 unspecified atom stereocenters. The Bertz CT molecular complexity index is 693. The standard InChI is InChI=1S/C15H15N3O2/c1-10-5-6-13(8-12(10)4-3-7-16)18-15(19)14-9-17-20-11(14)2/h5-6,8-9H,7,16H2,1-2H3,(H,18,19). The van der Waals surface area contributed by atoms with Crippen LogP contribution in [-0.4, -0.2) is 17.6 Å². The van der Waals surface area contributed by atoms with E-state index in [1.165, 1.54) is 6.20 Å². The van der Waals surface area contributed by atoms with Gasteiger partial charge < -0.3 is 15.6 Å². The SMILES string of the molecule is Cc1ccc(NC(=O)c2cnoc2C)cc1C#CCN. The second kappa shape index (κ2) is 6.04. The van der Waals surface area contributed by atoms with Crippen molar-refractivity contribution in [2.45, 2.75) is 13.8 Å². The third-order valence-electron chi connectivity index (χ3n) is 2.82. The maximum atomic E-state index is 12.0. The van der Waals surface area contributed by atoms with E-state index in [4.69, 9.17) is 10.3 Å². The number of hydrogen-bond donors (Lipinski definition) is 2. The van der Waals surface area contributed by atoms with E-state index in [1.807, 2.05) is 25.1 Å². The lowest BCUT2D eigenvalue weighted by Gasteiger charge is -2.06. The molecule has 0 aliphatic heterocycles. The molecule has 2 rings (SSSR count). The van der Waals surface area contributed by atoms with Crippen molar-refractivity contribution in [2.24, 2.45) is 5.73 Å². The third-order valence-corrected chi connectivity index (χ3v) is 2.82. The van der Waals surface area contributed by atoms with E-state index in [-0.39, 0.29) is 5.91 Å². The Morgan fingerprint density at radius 2 is 2.25 bits per heavy atom. The van der Waals surface area contributed by atoms with Gasteiger partial charge >= 0.3 is 0 Å². The van der Waals surface area contributed by atoms with Crippen LogP contribution in [0.4, 0.5) is 5.69 Å². The third kappa shape index (κ3) is 3.05. The van der Waals surface area contributed by atoms with Gasteiger partial charge in [0.15, 0.2) is 0 Å². The summed E-state index contributed by atoms with van der Waals surface area (Å²) in [7, 11) is 0. The molecule has 0 atom stereocenters. The van der Waals surface area contributed by atoms with E-state index in [1.54, 1.807) is 6.92 Å². The van der Waals surface area contributed by atoms with Gasteiger partial charge in [-0.3, -0.25) is 4.79 Å². The van der Waals surface area contributed by atoms with Crippen LogP contribution in [0, 0.1) is 25.7 Å². The summed E-state index contributed by atoms with van der Waals surface area (Å²) < 4.78 is 4.87. The first-order valence-corrected chi connectivity index (χ1v) is 6.14. The largest absolute Gasteiger partial charge is 0.361 e. The van der Waals surface area contributed by atoms with Crippen molar-refractivity contribution in [2.75, 3.05) is 11.9 Å². The summed E-state index contributed by atoms with van der Waals surface area (Å²) in [4.78, 5) is 12.0. The first kappa shape index (κ1) is 13.8. The monoisotopic (exact) mass is 269 g/mol. The number of amides is 1. The summed E-state index contributed by atoms with van der Waals surface area (Å²) in [6.45, 7) is 3.95. The topological polar surface area (TPSA) is 81.2 Å². The van der Waals surface area contributed by atoms with E-state index in [2.05, 4.69) is 22.3 Å². The number of aryl methyl sites for hydroxylation is 2. The molecule has 0 radical (unpaired) electrons. The quantitative estimate of drug-likeness (QED) is 0.815. The number of anilines is 1. The van der Waals surface area contributed by atoms with Crippen molar-refractivity contribution >= 4 is 11.6 Å². The molecule has 0 saturated carbocycles. The number of rotatable bonds is 2. The zero-order valence-electron chi connectivity index (χ0n) is 11.4. The van der Waals surface area contributed by atoms with Crippen LogP contribution in [0.3, 0.4) is 0 Å². The zero-order chi connectivity index (χ0) is 14.5. The van der Waals surface area contributed by atoms with Gasteiger partial charge in [0.1, 0.15) is 11.3 Å². The van der Waals surface area contributed by atoms with Gasteiger partial charge in [0.2, 0.25) is 0 Å². The van der Waals surface area contributed by atoms with E-state index >= 15 is 0 Å². The summed E-state index contributed by atoms with van der Waals surface area (Å²) in [6, 6.07) is 5.54. The van der Waals surface area contributed by atoms with Crippen molar-refractivity contribution < 1.29 is 9.32 Å². The minimum Gasteiger partial charge on any atom is -0.361 e. The number of nitrogens with two attached hydrogens (primary N) is 1. The molecule has 1 heterocycles. The lowest BCUT2D eigenvalue weighted by molar-refractivity contribution is 0.102. The van der Waals surface area contributed by atoms with Crippen molar-refractivity contribution in [1.82, 2.24) is 5.16 Å². The average molecular weight is 269 g/mol. The molecule has 1 aromatic carbocycles. The predicted octanol–water partition coefficient (Wildman–Crippen LogP) is 1.85. The average Bonchev–Trinajstić information content (AvgIpc) is 2.85. The molecule has 2 aromatic rings. The lowest BCUT2D eigenvalue weighted by atomic mass is 10.1. The Morgan fingerprint density at radius 3 is 2.90 bits per heavy atom. The summed E-state index contributed by atoms with van der Waals surface area (Å²) in [5.74, 6) is 6.00. The first-order valence-electron chi connectivity index (χ1n) is 6.14. The maximum Gasteiger partial charge on any atom is 0.260 e. The molecule has 0 bridgehead atoms. The van der Waals surface area contributed by atoms with Gasteiger partial charge in [-0.05, 0) is 31.5 Å². The van der Waals surface area contributed by atoms with Crippen LogP contribution in [0.25, 0.3) is 0 Å². The van der Waals surface area contributed by atoms with Gasteiger partial charge in [0.05, 0.1) is 12.7 Å². The Balaban J connectivity index is 2.22. The predicted molar refractivity (Wildman–Crippen MR) is 76.3 cm³/mol. The number of carbonyl (C=O) groups excluding carboxylic acids is 1. The Labute approximate surface area is 117 Å². The normalized spacial score (nSPS) is 9.75. The Morgan fingerprint density at radius 1 is 1.45 bits per heavy atom. The number of nitrogens with one attached hydrogen (secondary N) is 1. The van der Waals surface area contributed by atoms with Gasteiger partial charge in [-0.25, -0.2) is 0 Å². The van der Waals surface area contributed by atoms with Crippen LogP contribution in [0.2, 0.25) is 0 Å². The number of carbonyl (C=O) groups is 1. The van der Waals surface area contributed by atoms with Crippen molar-refractivity contribution in [3.05, 3.63) is 46.8 Å². The van der Waals surface area contributed by atoms with Crippen molar-refractivity contribution in [1.29, 1.82) is 0 Å². The fourth-order valence-corrected chi connectivity index (χ4v) is 1.70. The molecule has 20 heavy (non-hydrogen) atoms. The number of benzene rings is 1. The maximum absolute atomic E-state index is 12.0. The van der Waals surface area contributed by atoms with Crippen LogP contribution in [-0.2, 0) is 0 Å². The lowest BCUT2D eigenvalue weighted by Crippen LogP contribution is -2.12. The van der Waals surface area contributed by atoms with Crippen LogP contribution in [0.5, 0.6) is 0 Å². The zero-order valence-corrected chi connectivity index (χ0v) is 11.4. The highest BCUT2D eigenvalue weighted by Crippen LogP contribution is 2.16. The van der Waals surface area contributed by atoms with E-state index in [0.717, 1.165) is 11.1 Å². The fourth-order valence-electron chi connectivity index (χ4n) is 1.70. The van der Waals surface area contributed by atoms with Crippen LogP contribution < -0.4 is 11.1 Å². The molecule has 0 aliphatic carbocycles. The van der Waals surface area contributed by atoms with Gasteiger partial charge in [0, 0.05) is 11.3 Å². The Hall–Kier alpha value is -2.58. The van der Waals surface area contributed by atoms with E-state index in [9.17, 15) is 4.79 Å². The first-order chi connectivity index (χ1) is 9.61. The second-order valence-electron chi connectivity index (χ2n) is 4.29. The molecule has 5 nitrogen and oxygen atoms in total. The second-order valence-corrected chi connectivity index (χ2v) is 4.29.